The quantitative estimate of drug-likeness (QED) is 0.736. The first-order valence-electron chi connectivity index (χ1n) is 8.85. The van der Waals surface area contributed by atoms with Gasteiger partial charge in [-0.25, -0.2) is 9.97 Å². The summed E-state index contributed by atoms with van der Waals surface area (Å²) in [5.41, 5.74) is 0.624. The Morgan fingerprint density at radius 1 is 1.30 bits per heavy atom. The molecule has 0 saturated carbocycles. The first-order chi connectivity index (χ1) is 13.2. The molecule has 3 aromatic rings. The molecule has 1 amide bonds. The number of rotatable bonds is 5. The van der Waals surface area contributed by atoms with Gasteiger partial charge in [-0.05, 0) is 25.0 Å². The minimum atomic E-state index is -0.269. The molecule has 1 unspecified atom stereocenters. The van der Waals surface area contributed by atoms with E-state index in [4.69, 9.17) is 4.74 Å². The van der Waals surface area contributed by atoms with E-state index in [2.05, 4.69) is 19.9 Å². The largest absolute Gasteiger partial charge is 0.376 e. The number of aromatic amines is 1. The fraction of sp³-hybridized carbons (Fsp3) is 0.316. The van der Waals surface area contributed by atoms with E-state index < -0.39 is 0 Å². The van der Waals surface area contributed by atoms with Crippen LogP contribution in [0.5, 0.6) is 0 Å². The highest BCUT2D eigenvalue weighted by Gasteiger charge is 2.25. The van der Waals surface area contributed by atoms with Gasteiger partial charge >= 0.3 is 0 Å². The van der Waals surface area contributed by atoms with E-state index in [0.29, 0.717) is 29.9 Å². The number of H-pyrrole nitrogens is 1. The van der Waals surface area contributed by atoms with Crippen LogP contribution in [-0.2, 0) is 11.3 Å². The molecule has 27 heavy (non-hydrogen) atoms. The maximum atomic E-state index is 12.9. The Balaban J connectivity index is 1.64. The van der Waals surface area contributed by atoms with Crippen LogP contribution in [0.15, 0.2) is 47.7 Å². The first-order valence-corrected chi connectivity index (χ1v) is 8.85. The van der Waals surface area contributed by atoms with Crippen LogP contribution in [0.4, 0.5) is 0 Å². The summed E-state index contributed by atoms with van der Waals surface area (Å²) in [6.45, 7) is 1.27. The van der Waals surface area contributed by atoms with Gasteiger partial charge in [0.25, 0.3) is 11.5 Å². The van der Waals surface area contributed by atoms with Crippen molar-refractivity contribution < 1.29 is 9.53 Å². The van der Waals surface area contributed by atoms with Crippen LogP contribution in [0, 0.1) is 0 Å². The van der Waals surface area contributed by atoms with Gasteiger partial charge in [-0.1, -0.05) is 12.1 Å². The highest BCUT2D eigenvalue weighted by atomic mass is 16.5. The molecule has 4 rings (SSSR count). The molecule has 0 bridgehead atoms. The number of aromatic nitrogens is 4. The van der Waals surface area contributed by atoms with Crippen LogP contribution in [-0.4, -0.2) is 50.0 Å². The molecule has 8 heteroatoms. The molecule has 3 heterocycles. The third-order valence-electron chi connectivity index (χ3n) is 4.52. The molecule has 1 atom stereocenters. The van der Waals surface area contributed by atoms with Crippen LogP contribution in [0.3, 0.4) is 0 Å². The van der Waals surface area contributed by atoms with E-state index in [1.807, 2.05) is 6.07 Å². The number of para-hydroxylation sites is 1. The zero-order valence-corrected chi connectivity index (χ0v) is 14.7. The number of benzene rings is 1. The average Bonchev–Trinajstić information content (AvgIpc) is 3.21. The number of amides is 1. The second-order valence-electron chi connectivity index (χ2n) is 6.44. The van der Waals surface area contributed by atoms with E-state index in [0.717, 1.165) is 12.8 Å². The summed E-state index contributed by atoms with van der Waals surface area (Å²) in [6, 6.07) is 7.12. The maximum absolute atomic E-state index is 12.9. The van der Waals surface area contributed by atoms with E-state index in [1.165, 1.54) is 18.6 Å². The minimum absolute atomic E-state index is 0.0298. The Kier molecular flexibility index (Phi) is 4.88. The van der Waals surface area contributed by atoms with E-state index in [9.17, 15) is 9.59 Å². The van der Waals surface area contributed by atoms with Crippen LogP contribution in [0.1, 0.15) is 29.2 Å². The topological polar surface area (TPSA) is 101 Å². The molecule has 0 radical (unpaired) electrons. The zero-order chi connectivity index (χ0) is 18.6. The normalized spacial score (nSPS) is 16.5. The molecule has 0 aliphatic carbocycles. The Bertz CT molecular complexity index is 999. The number of carbonyl (C=O) groups is 1. The molecule has 1 saturated heterocycles. The van der Waals surface area contributed by atoms with E-state index in [1.54, 1.807) is 23.1 Å². The van der Waals surface area contributed by atoms with Crippen molar-refractivity contribution >= 4 is 16.8 Å². The molecular weight excluding hydrogens is 346 g/mol. The zero-order valence-electron chi connectivity index (χ0n) is 14.7. The van der Waals surface area contributed by atoms with E-state index >= 15 is 0 Å². The first kappa shape index (κ1) is 17.3. The van der Waals surface area contributed by atoms with Crippen LogP contribution < -0.4 is 5.56 Å². The Hall–Kier alpha value is -3.13. The predicted octanol–water partition coefficient (Wildman–Crippen LogP) is 1.53. The molecule has 1 aromatic carbocycles. The van der Waals surface area contributed by atoms with Crippen molar-refractivity contribution in [2.24, 2.45) is 0 Å². The standard InChI is InChI=1S/C19H19N5O3/c25-18-14-5-1-2-6-15(14)22-17(23-18)12-24(11-13-4-3-9-27-13)19(26)16-10-20-7-8-21-16/h1-2,5-8,10,13H,3-4,9,11-12H2,(H,22,23,25). The van der Waals surface area contributed by atoms with Gasteiger partial charge < -0.3 is 14.6 Å². The minimum Gasteiger partial charge on any atom is -0.376 e. The molecular formula is C19H19N5O3. The summed E-state index contributed by atoms with van der Waals surface area (Å²) in [5.74, 6) is 0.156. The highest BCUT2D eigenvalue weighted by Crippen LogP contribution is 2.16. The Labute approximate surface area is 155 Å². The van der Waals surface area contributed by atoms with Crippen LogP contribution in [0.2, 0.25) is 0 Å². The van der Waals surface area contributed by atoms with Gasteiger partial charge in [0.2, 0.25) is 0 Å². The fourth-order valence-corrected chi connectivity index (χ4v) is 3.22. The van der Waals surface area contributed by atoms with Gasteiger partial charge in [-0.15, -0.1) is 0 Å². The summed E-state index contributed by atoms with van der Waals surface area (Å²) >= 11 is 0. The Morgan fingerprint density at radius 3 is 2.96 bits per heavy atom. The molecule has 1 N–H and O–H groups in total. The fourth-order valence-electron chi connectivity index (χ4n) is 3.22. The SMILES string of the molecule is O=C(c1cnccn1)N(Cc1nc2ccccc2c(=O)[nH]1)CC1CCCO1. The van der Waals surface area contributed by atoms with Gasteiger partial charge in [0, 0.05) is 25.5 Å². The summed E-state index contributed by atoms with van der Waals surface area (Å²) in [6.07, 6.45) is 6.27. The smallest absolute Gasteiger partial charge is 0.274 e. The van der Waals surface area contributed by atoms with Crippen molar-refractivity contribution in [2.75, 3.05) is 13.2 Å². The van der Waals surface area contributed by atoms with Gasteiger partial charge in [0.1, 0.15) is 11.5 Å². The van der Waals surface area contributed by atoms with Gasteiger partial charge in [0.15, 0.2) is 0 Å². The summed E-state index contributed by atoms with van der Waals surface area (Å²) < 4.78 is 5.68. The van der Waals surface area contributed by atoms with Crippen molar-refractivity contribution in [3.05, 3.63) is 64.7 Å². The number of nitrogens with zero attached hydrogens (tertiary/aromatic N) is 4. The number of nitrogens with one attached hydrogen (secondary N) is 1. The van der Waals surface area contributed by atoms with Gasteiger partial charge in [0.05, 0.1) is 29.7 Å². The molecule has 0 spiro atoms. The molecule has 2 aromatic heterocycles. The summed E-state index contributed by atoms with van der Waals surface area (Å²) in [4.78, 5) is 42.2. The van der Waals surface area contributed by atoms with Crippen LogP contribution in [0.25, 0.3) is 10.9 Å². The molecule has 1 aliphatic rings. The van der Waals surface area contributed by atoms with Crippen molar-refractivity contribution in [1.29, 1.82) is 0 Å². The lowest BCUT2D eigenvalue weighted by Gasteiger charge is -2.24. The number of carbonyl (C=O) groups excluding carboxylic acids is 1. The summed E-state index contributed by atoms with van der Waals surface area (Å²) in [7, 11) is 0. The number of hydrogen-bond donors (Lipinski definition) is 1. The second-order valence-corrected chi connectivity index (χ2v) is 6.44. The summed E-state index contributed by atoms with van der Waals surface area (Å²) in [5, 5.41) is 0.521. The van der Waals surface area contributed by atoms with Crippen LogP contribution >= 0.6 is 0 Å². The monoisotopic (exact) mass is 365 g/mol. The lowest BCUT2D eigenvalue weighted by Crippen LogP contribution is -2.38. The van der Waals surface area contributed by atoms with Crippen molar-refractivity contribution in [3.63, 3.8) is 0 Å². The van der Waals surface area contributed by atoms with Crippen molar-refractivity contribution in [2.45, 2.75) is 25.5 Å². The lowest BCUT2D eigenvalue weighted by atomic mass is 10.2. The highest BCUT2D eigenvalue weighted by molar-refractivity contribution is 5.92. The van der Waals surface area contributed by atoms with Gasteiger partial charge in [-0.2, -0.15) is 0 Å². The average molecular weight is 365 g/mol. The molecule has 138 valence electrons. The number of ether oxygens (including phenoxy) is 1. The van der Waals surface area contributed by atoms with Gasteiger partial charge in [-0.3, -0.25) is 14.6 Å². The number of hydrogen-bond acceptors (Lipinski definition) is 6. The maximum Gasteiger partial charge on any atom is 0.274 e. The van der Waals surface area contributed by atoms with Crippen molar-refractivity contribution in [3.8, 4) is 0 Å². The number of fused-ring (bicyclic) bond motifs is 1. The molecule has 8 nitrogen and oxygen atoms in total. The third kappa shape index (κ3) is 3.85. The Morgan fingerprint density at radius 2 is 2.19 bits per heavy atom. The third-order valence-corrected chi connectivity index (χ3v) is 4.52. The molecule has 1 aliphatic heterocycles. The second kappa shape index (κ2) is 7.63. The molecule has 1 fully saturated rings. The van der Waals surface area contributed by atoms with Crippen molar-refractivity contribution in [1.82, 2.24) is 24.8 Å². The lowest BCUT2D eigenvalue weighted by molar-refractivity contribution is 0.0496. The van der Waals surface area contributed by atoms with E-state index in [-0.39, 0.29) is 29.8 Å². The predicted molar refractivity (Wildman–Crippen MR) is 98.1 cm³/mol.